The Morgan fingerprint density at radius 1 is 1.16 bits per heavy atom. The molecule has 2 bridgehead atoms. The average Bonchev–Trinajstić information content (AvgIpc) is 3.45. The predicted molar refractivity (Wildman–Crippen MR) is 118 cm³/mol. The average molecular weight is 454 g/mol. The van der Waals surface area contributed by atoms with E-state index in [1.54, 1.807) is 23.9 Å². The van der Waals surface area contributed by atoms with Crippen LogP contribution in [0.15, 0.2) is 39.7 Å². The van der Waals surface area contributed by atoms with Crippen molar-refractivity contribution >= 4 is 52.6 Å². The fourth-order valence-corrected chi connectivity index (χ4v) is 8.06. The van der Waals surface area contributed by atoms with Gasteiger partial charge in [-0.3, -0.25) is 24.1 Å². The molecular formula is C22H19N3O4S2. The smallest absolute Gasteiger partial charge is 0.305 e. The highest BCUT2D eigenvalue weighted by atomic mass is 32.2. The molecule has 5 atom stereocenters. The van der Waals surface area contributed by atoms with Crippen molar-refractivity contribution in [2.75, 3.05) is 11.9 Å². The molecule has 9 heteroatoms. The van der Waals surface area contributed by atoms with Gasteiger partial charge in [-0.25, -0.2) is 0 Å². The first-order valence-electron chi connectivity index (χ1n) is 10.2. The molecule has 1 aromatic carbocycles. The number of thiazole rings is 1. The summed E-state index contributed by atoms with van der Waals surface area (Å²) in [6.07, 6.45) is 2.86. The van der Waals surface area contributed by atoms with E-state index in [4.69, 9.17) is 0 Å². The van der Waals surface area contributed by atoms with Crippen LogP contribution in [0.2, 0.25) is 0 Å². The number of aromatic amines is 1. The lowest BCUT2D eigenvalue weighted by atomic mass is 9.77. The number of nitrogens with one attached hydrogen (secondary N) is 2. The molecule has 31 heavy (non-hydrogen) atoms. The Hall–Kier alpha value is -2.65. The summed E-state index contributed by atoms with van der Waals surface area (Å²) in [5.74, 6) is -1.52. The number of anilines is 1. The van der Waals surface area contributed by atoms with Crippen LogP contribution in [0.1, 0.15) is 16.9 Å². The minimum absolute atomic E-state index is 0.0134. The Balaban J connectivity index is 1.23. The maximum atomic E-state index is 13.2. The summed E-state index contributed by atoms with van der Waals surface area (Å²) in [4.78, 5) is 55.5. The number of benzene rings is 1. The summed E-state index contributed by atoms with van der Waals surface area (Å²) < 4.78 is 0. The number of aryl methyl sites for hydroxylation is 1. The van der Waals surface area contributed by atoms with Crippen LogP contribution in [-0.2, 0) is 14.4 Å². The number of carbonyl (C=O) groups is 3. The third-order valence-corrected chi connectivity index (χ3v) is 9.27. The zero-order valence-electron chi connectivity index (χ0n) is 16.6. The number of carbonyl (C=O) groups excluding carboxylic acids is 3. The van der Waals surface area contributed by atoms with E-state index >= 15 is 0 Å². The Bertz CT molecular complexity index is 1230. The van der Waals surface area contributed by atoms with E-state index in [1.807, 2.05) is 25.1 Å². The van der Waals surface area contributed by atoms with Crippen molar-refractivity contribution in [3.8, 4) is 0 Å². The summed E-state index contributed by atoms with van der Waals surface area (Å²) in [5.41, 5.74) is 2.90. The molecule has 2 N–H and O–H groups in total. The number of aromatic nitrogens is 1. The molecule has 2 aliphatic carbocycles. The standard InChI is InChI=1S/C22H19N3O4S2/c1-9-2-4-10(5-3-9)23-15(26)8-25-20(27)16-11-6-13(17(16)21(25)28)18-12(11)7-14-19(31-18)24-22(29)30-14/h2-5,7,11,13,16-18H,6,8H2,1H3,(H,23,26)(H,24,29)/t11-,13-,16+,17+,18-/m1/s1. The maximum Gasteiger partial charge on any atom is 0.305 e. The molecular weight excluding hydrogens is 434 g/mol. The van der Waals surface area contributed by atoms with E-state index in [9.17, 15) is 19.2 Å². The van der Waals surface area contributed by atoms with E-state index in [0.717, 1.165) is 26.8 Å². The number of thioether (sulfide) groups is 1. The fraction of sp³-hybridized carbons (Fsp3) is 0.364. The van der Waals surface area contributed by atoms with Gasteiger partial charge in [-0.05, 0) is 43.4 Å². The summed E-state index contributed by atoms with van der Waals surface area (Å²) in [7, 11) is 0. The number of imide groups is 1. The molecule has 158 valence electrons. The van der Waals surface area contributed by atoms with Gasteiger partial charge in [0.15, 0.2) is 0 Å². The topological polar surface area (TPSA) is 99.3 Å². The first-order chi connectivity index (χ1) is 14.9. The fourth-order valence-electron chi connectivity index (χ4n) is 5.62. The molecule has 0 radical (unpaired) electrons. The second-order valence-corrected chi connectivity index (χ2v) is 10.8. The molecule has 2 aromatic rings. The Kier molecular flexibility index (Phi) is 4.10. The molecule has 1 aromatic heterocycles. The van der Waals surface area contributed by atoms with Crippen molar-refractivity contribution in [1.82, 2.24) is 9.88 Å². The van der Waals surface area contributed by atoms with Crippen molar-refractivity contribution < 1.29 is 14.4 Å². The normalized spacial score (nSPS) is 30.2. The number of fused-ring (bicyclic) bond motifs is 9. The van der Waals surface area contributed by atoms with Crippen LogP contribution in [-0.4, -0.2) is 39.4 Å². The minimum atomic E-state index is -0.384. The zero-order chi connectivity index (χ0) is 21.4. The van der Waals surface area contributed by atoms with E-state index in [-0.39, 0.29) is 58.1 Å². The molecule has 7 nitrogen and oxygen atoms in total. The predicted octanol–water partition coefficient (Wildman–Crippen LogP) is 2.49. The Morgan fingerprint density at radius 3 is 2.68 bits per heavy atom. The van der Waals surface area contributed by atoms with Gasteiger partial charge in [0.05, 0.1) is 21.7 Å². The quantitative estimate of drug-likeness (QED) is 0.696. The van der Waals surface area contributed by atoms with Crippen LogP contribution in [0, 0.1) is 30.6 Å². The molecule has 3 amide bonds. The first-order valence-corrected chi connectivity index (χ1v) is 11.9. The van der Waals surface area contributed by atoms with E-state index < -0.39 is 0 Å². The van der Waals surface area contributed by atoms with Crippen LogP contribution >= 0.6 is 23.1 Å². The number of likely N-dealkylation sites (tertiary alicyclic amines) is 1. The van der Waals surface area contributed by atoms with Gasteiger partial charge in [0.25, 0.3) is 0 Å². The highest BCUT2D eigenvalue weighted by Crippen LogP contribution is 2.64. The minimum Gasteiger partial charge on any atom is -0.325 e. The van der Waals surface area contributed by atoms with Crippen molar-refractivity contribution in [2.45, 2.75) is 23.6 Å². The van der Waals surface area contributed by atoms with E-state index in [0.29, 0.717) is 5.69 Å². The summed E-state index contributed by atoms with van der Waals surface area (Å²) in [6.45, 7) is 1.71. The van der Waals surface area contributed by atoms with Crippen LogP contribution < -0.4 is 10.2 Å². The van der Waals surface area contributed by atoms with Gasteiger partial charge in [-0.15, -0.1) is 0 Å². The summed E-state index contributed by atoms with van der Waals surface area (Å²) in [6, 6.07) is 7.38. The molecule has 2 saturated carbocycles. The molecule has 3 fully saturated rings. The Morgan fingerprint density at radius 2 is 1.90 bits per heavy atom. The molecule has 6 rings (SSSR count). The van der Waals surface area contributed by atoms with Gasteiger partial charge in [-0.1, -0.05) is 46.4 Å². The molecule has 0 unspecified atom stereocenters. The molecule has 2 aliphatic heterocycles. The lowest BCUT2D eigenvalue weighted by molar-refractivity contribution is -0.143. The van der Waals surface area contributed by atoms with Crippen LogP contribution in [0.3, 0.4) is 0 Å². The SMILES string of the molecule is Cc1ccc(NC(=O)CN2C(=O)[C@@H]3[C@@H](C2=O)[C@H]2C[C@@H]3C3=Cc4sc(=O)[nH]c4S[C@H]32)cc1. The molecule has 4 aliphatic rings. The van der Waals surface area contributed by atoms with Crippen molar-refractivity contribution in [3.05, 3.63) is 49.9 Å². The highest BCUT2D eigenvalue weighted by Gasteiger charge is 2.66. The number of amides is 3. The van der Waals surface area contributed by atoms with Gasteiger partial charge in [0, 0.05) is 10.9 Å². The number of nitrogens with zero attached hydrogens (tertiary/aromatic N) is 1. The summed E-state index contributed by atoms with van der Waals surface area (Å²) >= 11 is 2.79. The van der Waals surface area contributed by atoms with Gasteiger partial charge >= 0.3 is 4.87 Å². The lowest BCUT2D eigenvalue weighted by Gasteiger charge is -2.32. The van der Waals surface area contributed by atoms with Crippen LogP contribution in [0.4, 0.5) is 5.69 Å². The van der Waals surface area contributed by atoms with Gasteiger partial charge in [0.1, 0.15) is 6.54 Å². The molecule has 0 spiro atoms. The second-order valence-electron chi connectivity index (χ2n) is 8.63. The van der Waals surface area contributed by atoms with Gasteiger partial charge in [-0.2, -0.15) is 0 Å². The molecule has 3 heterocycles. The monoisotopic (exact) mass is 453 g/mol. The van der Waals surface area contributed by atoms with Crippen molar-refractivity contribution in [3.63, 3.8) is 0 Å². The number of hydrogen-bond donors (Lipinski definition) is 2. The van der Waals surface area contributed by atoms with Crippen LogP contribution in [0.5, 0.6) is 0 Å². The third-order valence-electron chi connectivity index (χ3n) is 6.88. The largest absolute Gasteiger partial charge is 0.325 e. The van der Waals surface area contributed by atoms with E-state index in [2.05, 4.69) is 10.3 Å². The third kappa shape index (κ3) is 2.79. The zero-order valence-corrected chi connectivity index (χ0v) is 18.2. The second kappa shape index (κ2) is 6.67. The highest BCUT2D eigenvalue weighted by molar-refractivity contribution is 8.00. The van der Waals surface area contributed by atoms with E-state index in [1.165, 1.54) is 16.9 Å². The first kappa shape index (κ1) is 19.1. The van der Waals surface area contributed by atoms with Gasteiger partial charge in [0.2, 0.25) is 17.7 Å². The summed E-state index contributed by atoms with van der Waals surface area (Å²) in [5, 5.41) is 3.74. The van der Waals surface area contributed by atoms with Crippen molar-refractivity contribution in [2.24, 2.45) is 23.7 Å². The maximum absolute atomic E-state index is 13.2. The van der Waals surface area contributed by atoms with Crippen molar-refractivity contribution in [1.29, 1.82) is 0 Å². The Labute approximate surface area is 185 Å². The number of H-pyrrole nitrogens is 1. The lowest BCUT2D eigenvalue weighted by Crippen LogP contribution is -2.39. The molecule has 1 saturated heterocycles. The van der Waals surface area contributed by atoms with Gasteiger partial charge < -0.3 is 10.3 Å². The number of hydrogen-bond acceptors (Lipinski definition) is 6. The number of rotatable bonds is 3. The van der Waals surface area contributed by atoms with Crippen LogP contribution in [0.25, 0.3) is 6.08 Å².